The van der Waals surface area contributed by atoms with Gasteiger partial charge in [0, 0.05) is 5.69 Å². The largest absolute Gasteiger partial charge is 0.384 e. The van der Waals surface area contributed by atoms with Crippen LogP contribution in [0.5, 0.6) is 0 Å². The molecule has 86 valence electrons. The first-order valence-electron chi connectivity index (χ1n) is 4.95. The first kappa shape index (κ1) is 14.2. The summed E-state index contributed by atoms with van der Waals surface area (Å²) < 4.78 is 0. The third-order valence-corrected chi connectivity index (χ3v) is 2.08. The molecule has 0 saturated carbocycles. The summed E-state index contributed by atoms with van der Waals surface area (Å²) in [4.78, 5) is 6.47. The molecule has 0 unspecified atom stereocenters. The zero-order chi connectivity index (χ0) is 10.6. The quantitative estimate of drug-likeness (QED) is 0.858. The van der Waals surface area contributed by atoms with Crippen LogP contribution in [0, 0.1) is 6.92 Å². The Labute approximate surface area is 98.1 Å². The van der Waals surface area contributed by atoms with Gasteiger partial charge in [-0.15, -0.1) is 12.4 Å². The zero-order valence-corrected chi connectivity index (χ0v) is 10.5. The van der Waals surface area contributed by atoms with Crippen LogP contribution in [-0.4, -0.2) is 30.5 Å². The molecule has 0 spiro atoms. The highest BCUT2D eigenvalue weighted by Crippen LogP contribution is 2.08. The van der Waals surface area contributed by atoms with Crippen molar-refractivity contribution < 1.29 is 0 Å². The third kappa shape index (κ3) is 5.60. The number of halogens is 1. The number of aromatic nitrogens is 1. The highest BCUT2D eigenvalue weighted by Gasteiger charge is 1.98. The van der Waals surface area contributed by atoms with Crippen LogP contribution in [-0.2, 0) is 6.42 Å². The Bertz CT molecular complexity index is 280. The van der Waals surface area contributed by atoms with E-state index in [4.69, 9.17) is 5.73 Å². The SMILES string of the molecule is Cc1cc(N)nc(CCCN(C)C)c1.Cl. The van der Waals surface area contributed by atoms with E-state index < -0.39 is 0 Å². The summed E-state index contributed by atoms with van der Waals surface area (Å²) in [5.41, 5.74) is 7.96. The molecule has 4 heteroatoms. The minimum atomic E-state index is 0. The van der Waals surface area contributed by atoms with Gasteiger partial charge in [-0.3, -0.25) is 0 Å². The molecule has 0 atom stereocenters. The number of hydrogen-bond acceptors (Lipinski definition) is 3. The van der Waals surface area contributed by atoms with E-state index in [1.165, 1.54) is 5.56 Å². The lowest BCUT2D eigenvalue weighted by molar-refractivity contribution is 0.399. The van der Waals surface area contributed by atoms with Crippen LogP contribution in [0.4, 0.5) is 5.82 Å². The molecule has 0 aliphatic carbocycles. The number of nitrogens with zero attached hydrogens (tertiary/aromatic N) is 2. The molecule has 0 amide bonds. The van der Waals surface area contributed by atoms with E-state index in [1.54, 1.807) is 0 Å². The van der Waals surface area contributed by atoms with Crippen LogP contribution in [0.1, 0.15) is 17.7 Å². The van der Waals surface area contributed by atoms with Crippen LogP contribution in [0.25, 0.3) is 0 Å². The van der Waals surface area contributed by atoms with Crippen LogP contribution in [0.2, 0.25) is 0 Å². The second kappa shape index (κ2) is 6.64. The number of nitrogens with two attached hydrogens (primary N) is 1. The number of hydrogen-bond donors (Lipinski definition) is 1. The fourth-order valence-corrected chi connectivity index (χ4v) is 1.47. The Morgan fingerprint density at radius 3 is 2.53 bits per heavy atom. The van der Waals surface area contributed by atoms with Gasteiger partial charge in [-0.2, -0.15) is 0 Å². The lowest BCUT2D eigenvalue weighted by Crippen LogP contribution is -2.13. The second-order valence-corrected chi connectivity index (χ2v) is 3.97. The monoisotopic (exact) mass is 229 g/mol. The van der Waals surface area contributed by atoms with Gasteiger partial charge in [-0.25, -0.2) is 4.98 Å². The number of anilines is 1. The molecule has 3 nitrogen and oxygen atoms in total. The first-order valence-corrected chi connectivity index (χ1v) is 4.95. The maximum atomic E-state index is 5.67. The summed E-state index contributed by atoms with van der Waals surface area (Å²) in [6.07, 6.45) is 2.13. The lowest BCUT2D eigenvalue weighted by Gasteiger charge is -2.09. The summed E-state index contributed by atoms with van der Waals surface area (Å²) >= 11 is 0. The van der Waals surface area contributed by atoms with Crippen molar-refractivity contribution in [3.8, 4) is 0 Å². The number of nitrogen functional groups attached to an aromatic ring is 1. The van der Waals surface area contributed by atoms with Crippen molar-refractivity contribution in [3.63, 3.8) is 0 Å². The van der Waals surface area contributed by atoms with Gasteiger partial charge in [0.2, 0.25) is 0 Å². The third-order valence-electron chi connectivity index (χ3n) is 2.08. The zero-order valence-electron chi connectivity index (χ0n) is 9.66. The molecule has 1 aromatic heterocycles. The van der Waals surface area contributed by atoms with Gasteiger partial charge in [-0.05, 0) is 58.1 Å². The van der Waals surface area contributed by atoms with E-state index in [2.05, 4.69) is 30.0 Å². The molecule has 0 bridgehead atoms. The Morgan fingerprint density at radius 2 is 2.00 bits per heavy atom. The summed E-state index contributed by atoms with van der Waals surface area (Å²) in [6, 6.07) is 4.00. The number of rotatable bonds is 4. The lowest BCUT2D eigenvalue weighted by atomic mass is 10.1. The molecule has 2 N–H and O–H groups in total. The Balaban J connectivity index is 0.00000196. The molecule has 1 rings (SSSR count). The molecule has 0 fully saturated rings. The summed E-state index contributed by atoms with van der Waals surface area (Å²) in [5, 5.41) is 0. The van der Waals surface area contributed by atoms with E-state index in [-0.39, 0.29) is 12.4 Å². The minimum absolute atomic E-state index is 0. The predicted molar refractivity (Wildman–Crippen MR) is 67.5 cm³/mol. The fraction of sp³-hybridized carbons (Fsp3) is 0.545. The van der Waals surface area contributed by atoms with Crippen molar-refractivity contribution in [1.82, 2.24) is 9.88 Å². The van der Waals surface area contributed by atoms with Gasteiger partial charge in [0.25, 0.3) is 0 Å². The molecule has 0 aromatic carbocycles. The first-order chi connectivity index (χ1) is 6.58. The van der Waals surface area contributed by atoms with E-state index in [0.29, 0.717) is 5.82 Å². The van der Waals surface area contributed by atoms with Gasteiger partial charge in [-0.1, -0.05) is 0 Å². The summed E-state index contributed by atoms with van der Waals surface area (Å²) in [5.74, 6) is 0.629. The molecule has 1 aromatic rings. The van der Waals surface area contributed by atoms with Crippen molar-refractivity contribution >= 4 is 18.2 Å². The fourth-order valence-electron chi connectivity index (χ4n) is 1.47. The standard InChI is InChI=1S/C11H19N3.ClH/c1-9-7-10(13-11(12)8-9)5-4-6-14(2)3;/h7-8H,4-6H2,1-3H3,(H2,12,13);1H. The molecule has 1 heterocycles. The normalized spacial score (nSPS) is 10.1. The number of aryl methyl sites for hydroxylation is 2. The van der Waals surface area contributed by atoms with Gasteiger partial charge < -0.3 is 10.6 Å². The van der Waals surface area contributed by atoms with E-state index in [1.807, 2.05) is 13.0 Å². The molecule has 0 radical (unpaired) electrons. The van der Waals surface area contributed by atoms with Crippen molar-refractivity contribution in [2.45, 2.75) is 19.8 Å². The minimum Gasteiger partial charge on any atom is -0.384 e. The molecule has 0 aliphatic heterocycles. The Morgan fingerprint density at radius 1 is 1.33 bits per heavy atom. The van der Waals surface area contributed by atoms with Gasteiger partial charge >= 0.3 is 0 Å². The summed E-state index contributed by atoms with van der Waals surface area (Å²) in [7, 11) is 4.16. The molecule has 15 heavy (non-hydrogen) atoms. The van der Waals surface area contributed by atoms with Crippen LogP contribution < -0.4 is 5.73 Å². The topological polar surface area (TPSA) is 42.1 Å². The molecular formula is C11H20ClN3. The Hall–Kier alpha value is -0.800. The van der Waals surface area contributed by atoms with Gasteiger partial charge in [0.15, 0.2) is 0 Å². The van der Waals surface area contributed by atoms with Crippen molar-refractivity contribution in [1.29, 1.82) is 0 Å². The summed E-state index contributed by atoms with van der Waals surface area (Å²) in [6.45, 7) is 3.14. The van der Waals surface area contributed by atoms with Crippen LogP contribution in [0.15, 0.2) is 12.1 Å². The maximum absolute atomic E-state index is 5.67. The van der Waals surface area contributed by atoms with Crippen molar-refractivity contribution in [2.75, 3.05) is 26.4 Å². The average Bonchev–Trinajstić information content (AvgIpc) is 2.01. The van der Waals surface area contributed by atoms with E-state index in [9.17, 15) is 0 Å². The Kier molecular flexibility index (Phi) is 6.29. The average molecular weight is 230 g/mol. The van der Waals surface area contributed by atoms with Crippen LogP contribution >= 0.6 is 12.4 Å². The highest BCUT2D eigenvalue weighted by atomic mass is 35.5. The van der Waals surface area contributed by atoms with E-state index in [0.717, 1.165) is 25.1 Å². The van der Waals surface area contributed by atoms with Crippen LogP contribution in [0.3, 0.4) is 0 Å². The molecule has 0 saturated heterocycles. The number of pyridine rings is 1. The molecule has 0 aliphatic rings. The van der Waals surface area contributed by atoms with Crippen molar-refractivity contribution in [2.24, 2.45) is 0 Å². The second-order valence-electron chi connectivity index (χ2n) is 3.97. The van der Waals surface area contributed by atoms with E-state index >= 15 is 0 Å². The van der Waals surface area contributed by atoms with Gasteiger partial charge in [0.05, 0.1) is 0 Å². The molecular weight excluding hydrogens is 210 g/mol. The smallest absolute Gasteiger partial charge is 0.123 e. The maximum Gasteiger partial charge on any atom is 0.123 e. The van der Waals surface area contributed by atoms with Gasteiger partial charge in [0.1, 0.15) is 5.82 Å². The van der Waals surface area contributed by atoms with Crippen molar-refractivity contribution in [3.05, 3.63) is 23.4 Å². The predicted octanol–water partition coefficient (Wildman–Crippen LogP) is 1.89. The highest BCUT2D eigenvalue weighted by molar-refractivity contribution is 5.85.